The van der Waals surface area contributed by atoms with Gasteiger partial charge in [0.05, 0.1) is 15.5 Å². The quantitative estimate of drug-likeness (QED) is 0.718. The van der Waals surface area contributed by atoms with Gasteiger partial charge in [-0.1, -0.05) is 0 Å². The minimum Gasteiger partial charge on any atom is -0.386 e. The summed E-state index contributed by atoms with van der Waals surface area (Å²) in [6.45, 7) is 2.33. The van der Waals surface area contributed by atoms with Crippen molar-refractivity contribution < 1.29 is 13.0 Å². The number of hydrogen-bond acceptors (Lipinski definition) is 4. The maximum atomic E-state index is 14.3. The SMILES string of the molecule is CN=[S@]1(=O)C[C@@](CF)(c2cc(I)ccc2F)N=C(N)C1(C)C. The second-order valence-electron chi connectivity index (χ2n) is 5.76. The molecule has 2 rings (SSSR count). The number of benzene rings is 1. The molecule has 0 radical (unpaired) electrons. The molecule has 1 aromatic rings. The Bertz CT molecular complexity index is 756. The lowest BCUT2D eigenvalue weighted by molar-refractivity contribution is 0.326. The molecule has 0 unspecified atom stereocenters. The van der Waals surface area contributed by atoms with Crippen LogP contribution in [0, 0.1) is 9.39 Å². The summed E-state index contributed by atoms with van der Waals surface area (Å²) in [7, 11) is -1.48. The Labute approximate surface area is 142 Å². The Kier molecular flexibility index (Phi) is 4.55. The van der Waals surface area contributed by atoms with Crippen LogP contribution in [0.15, 0.2) is 27.6 Å². The molecule has 0 spiro atoms. The highest BCUT2D eigenvalue weighted by Gasteiger charge is 2.50. The van der Waals surface area contributed by atoms with Crippen LogP contribution in [0.4, 0.5) is 8.78 Å². The van der Waals surface area contributed by atoms with Gasteiger partial charge >= 0.3 is 0 Å². The molecule has 2 atom stereocenters. The molecule has 0 saturated carbocycles. The first-order chi connectivity index (χ1) is 10.1. The summed E-state index contributed by atoms with van der Waals surface area (Å²) in [5.41, 5.74) is 4.43. The van der Waals surface area contributed by atoms with Gasteiger partial charge in [0, 0.05) is 16.2 Å². The molecule has 1 aliphatic heterocycles. The second kappa shape index (κ2) is 5.70. The number of nitrogens with two attached hydrogens (primary N) is 1. The van der Waals surface area contributed by atoms with Crippen molar-refractivity contribution >= 4 is 38.2 Å². The number of alkyl halides is 1. The molecule has 0 bridgehead atoms. The summed E-state index contributed by atoms with van der Waals surface area (Å²) >= 11 is 2.01. The third kappa shape index (κ3) is 2.53. The highest BCUT2D eigenvalue weighted by Crippen LogP contribution is 2.39. The van der Waals surface area contributed by atoms with Gasteiger partial charge in [0.2, 0.25) is 0 Å². The maximum absolute atomic E-state index is 14.3. The third-order valence-corrected chi connectivity index (χ3v) is 8.06. The molecule has 1 heterocycles. The standard InChI is InChI=1S/C14H18F2IN3OS/c1-13(2)12(18)20-14(7-15,8-22(13,21)19-3)10-6-9(17)4-5-11(10)16/h4-6H,7-8H2,1-3H3,(H2,18,20)/t14-,22-/m0/s1. The molecule has 122 valence electrons. The zero-order valence-electron chi connectivity index (χ0n) is 12.6. The molecule has 8 heteroatoms. The van der Waals surface area contributed by atoms with E-state index in [1.165, 1.54) is 19.2 Å². The monoisotopic (exact) mass is 441 g/mol. The van der Waals surface area contributed by atoms with Crippen molar-refractivity contribution in [1.29, 1.82) is 0 Å². The molecule has 4 nitrogen and oxygen atoms in total. The average Bonchev–Trinajstić information content (AvgIpc) is 2.47. The molecule has 22 heavy (non-hydrogen) atoms. The first-order valence-corrected chi connectivity index (χ1v) is 9.38. The Hall–Kier alpha value is -0.770. The average molecular weight is 441 g/mol. The van der Waals surface area contributed by atoms with Crippen molar-refractivity contribution in [3.63, 3.8) is 0 Å². The lowest BCUT2D eigenvalue weighted by Crippen LogP contribution is -2.56. The lowest BCUT2D eigenvalue weighted by Gasteiger charge is -2.41. The van der Waals surface area contributed by atoms with E-state index in [1.54, 1.807) is 19.9 Å². The number of halogens is 3. The van der Waals surface area contributed by atoms with Crippen LogP contribution in [0.2, 0.25) is 0 Å². The summed E-state index contributed by atoms with van der Waals surface area (Å²) in [4.78, 5) is 4.24. The van der Waals surface area contributed by atoms with Crippen LogP contribution in [0.5, 0.6) is 0 Å². The van der Waals surface area contributed by atoms with Crippen LogP contribution in [0.3, 0.4) is 0 Å². The summed E-state index contributed by atoms with van der Waals surface area (Å²) in [6.07, 6.45) is 0. The fourth-order valence-corrected chi connectivity index (χ4v) is 5.24. The van der Waals surface area contributed by atoms with Gasteiger partial charge in [0.15, 0.2) is 0 Å². The number of nitrogens with zero attached hydrogens (tertiary/aromatic N) is 2. The molecule has 0 aromatic heterocycles. The lowest BCUT2D eigenvalue weighted by atomic mass is 9.92. The van der Waals surface area contributed by atoms with Gasteiger partial charge in [-0.2, -0.15) is 0 Å². The molecule has 0 aliphatic carbocycles. The molecular weight excluding hydrogens is 423 g/mol. The van der Waals surface area contributed by atoms with E-state index < -0.39 is 32.5 Å². The van der Waals surface area contributed by atoms with Gasteiger partial charge in [0.1, 0.15) is 28.6 Å². The summed E-state index contributed by atoms with van der Waals surface area (Å²) in [5, 5.41) is 0. The van der Waals surface area contributed by atoms with Gasteiger partial charge < -0.3 is 5.73 Å². The maximum Gasteiger partial charge on any atom is 0.131 e. The number of amidine groups is 1. The van der Waals surface area contributed by atoms with Gasteiger partial charge in [0.25, 0.3) is 0 Å². The Balaban J connectivity index is 2.79. The smallest absolute Gasteiger partial charge is 0.131 e. The molecule has 0 saturated heterocycles. The van der Waals surface area contributed by atoms with E-state index in [0.29, 0.717) is 0 Å². The number of hydrogen-bond donors (Lipinski definition) is 1. The molecule has 2 N–H and O–H groups in total. The zero-order valence-corrected chi connectivity index (χ0v) is 15.5. The van der Waals surface area contributed by atoms with E-state index in [2.05, 4.69) is 9.36 Å². The molecule has 1 aliphatic rings. The minimum atomic E-state index is -2.89. The van der Waals surface area contributed by atoms with Crippen molar-refractivity contribution in [3.8, 4) is 0 Å². The Morgan fingerprint density at radius 2 is 2.14 bits per heavy atom. The predicted octanol–water partition coefficient (Wildman–Crippen LogP) is 2.84. The summed E-state index contributed by atoms with van der Waals surface area (Å²) in [6, 6.07) is 4.34. The van der Waals surface area contributed by atoms with Crippen molar-refractivity contribution in [2.24, 2.45) is 15.1 Å². The molecule has 0 amide bonds. The van der Waals surface area contributed by atoms with Crippen molar-refractivity contribution in [1.82, 2.24) is 0 Å². The van der Waals surface area contributed by atoms with Crippen molar-refractivity contribution in [3.05, 3.63) is 33.1 Å². The van der Waals surface area contributed by atoms with Crippen LogP contribution in [0.25, 0.3) is 0 Å². The zero-order chi connectivity index (χ0) is 16.8. The number of aliphatic imine (C=N–C) groups is 1. The highest BCUT2D eigenvalue weighted by atomic mass is 127. The van der Waals surface area contributed by atoms with E-state index in [0.717, 1.165) is 3.57 Å². The molecule has 0 fully saturated rings. The summed E-state index contributed by atoms with van der Waals surface area (Å²) < 4.78 is 45.1. The number of rotatable bonds is 2. The van der Waals surface area contributed by atoms with E-state index in [1.807, 2.05) is 22.6 Å². The molecule has 1 aromatic carbocycles. The van der Waals surface area contributed by atoms with Crippen LogP contribution in [0.1, 0.15) is 19.4 Å². The summed E-state index contributed by atoms with van der Waals surface area (Å²) in [5.74, 6) is -0.755. The van der Waals surface area contributed by atoms with Gasteiger partial charge in [-0.25, -0.2) is 17.4 Å². The van der Waals surface area contributed by atoms with Crippen LogP contribution in [-0.4, -0.2) is 34.3 Å². The fraction of sp³-hybridized carbons (Fsp3) is 0.500. The van der Waals surface area contributed by atoms with Crippen LogP contribution >= 0.6 is 22.6 Å². The first kappa shape index (κ1) is 17.6. The second-order valence-corrected chi connectivity index (χ2v) is 9.97. The van der Waals surface area contributed by atoms with Gasteiger partial charge in [-0.15, -0.1) is 0 Å². The van der Waals surface area contributed by atoms with Crippen LogP contribution in [-0.2, 0) is 15.3 Å². The fourth-order valence-electron chi connectivity index (χ4n) is 2.49. The van der Waals surface area contributed by atoms with Crippen molar-refractivity contribution in [2.75, 3.05) is 19.5 Å². The Morgan fingerprint density at radius 1 is 1.50 bits per heavy atom. The topological polar surface area (TPSA) is 67.8 Å². The van der Waals surface area contributed by atoms with E-state index in [-0.39, 0.29) is 17.2 Å². The van der Waals surface area contributed by atoms with E-state index >= 15 is 0 Å². The van der Waals surface area contributed by atoms with Crippen LogP contribution < -0.4 is 5.73 Å². The highest BCUT2D eigenvalue weighted by molar-refractivity contribution is 14.1. The third-order valence-electron chi connectivity index (χ3n) is 4.13. The van der Waals surface area contributed by atoms with Crippen molar-refractivity contribution in [2.45, 2.75) is 24.1 Å². The minimum absolute atomic E-state index is 0.0326. The van der Waals surface area contributed by atoms with Gasteiger partial charge in [-0.05, 0) is 54.6 Å². The molecular formula is C14H18F2IN3OS. The predicted molar refractivity (Wildman–Crippen MR) is 93.8 cm³/mol. The van der Waals surface area contributed by atoms with E-state index in [9.17, 15) is 13.0 Å². The normalized spacial score (nSPS) is 30.7. The first-order valence-electron chi connectivity index (χ1n) is 6.62. The van der Waals surface area contributed by atoms with Gasteiger partial charge in [-0.3, -0.25) is 4.99 Å². The largest absolute Gasteiger partial charge is 0.386 e. The van der Waals surface area contributed by atoms with E-state index in [4.69, 9.17) is 5.73 Å². The Morgan fingerprint density at radius 3 is 2.68 bits per heavy atom.